The van der Waals surface area contributed by atoms with E-state index in [1.165, 1.54) is 18.2 Å². The molecular formula is C24H19BrN2O4S. The number of benzene rings is 4. The first-order chi connectivity index (χ1) is 15.3. The Kier molecular flexibility index (Phi) is 6.07. The molecule has 0 fully saturated rings. The summed E-state index contributed by atoms with van der Waals surface area (Å²) < 4.78 is 39.1. The van der Waals surface area contributed by atoms with E-state index < -0.39 is 9.84 Å². The molecule has 162 valence electrons. The molecule has 4 aromatic carbocycles. The molecule has 0 saturated carbocycles. The highest BCUT2D eigenvalue weighted by Crippen LogP contribution is 2.34. The van der Waals surface area contributed by atoms with E-state index in [0.717, 1.165) is 4.47 Å². The summed E-state index contributed by atoms with van der Waals surface area (Å²) in [5, 5.41) is 0. The van der Waals surface area contributed by atoms with Crippen LogP contribution in [0.25, 0.3) is 0 Å². The summed E-state index contributed by atoms with van der Waals surface area (Å²) in [7, 11) is -3.85. The van der Waals surface area contributed by atoms with Gasteiger partial charge < -0.3 is 20.9 Å². The number of halogens is 1. The van der Waals surface area contributed by atoms with Crippen LogP contribution in [-0.2, 0) is 9.84 Å². The van der Waals surface area contributed by atoms with Gasteiger partial charge in [0.05, 0.1) is 16.3 Å². The van der Waals surface area contributed by atoms with Gasteiger partial charge in [-0.15, -0.1) is 0 Å². The fourth-order valence-electron chi connectivity index (χ4n) is 2.98. The zero-order valence-electron chi connectivity index (χ0n) is 16.7. The summed E-state index contributed by atoms with van der Waals surface area (Å²) in [6, 6.07) is 24.8. The largest absolute Gasteiger partial charge is 0.457 e. The molecule has 0 unspecified atom stereocenters. The zero-order chi connectivity index (χ0) is 22.7. The van der Waals surface area contributed by atoms with Crippen molar-refractivity contribution in [3.05, 3.63) is 95.5 Å². The van der Waals surface area contributed by atoms with Crippen molar-refractivity contribution in [2.45, 2.75) is 9.79 Å². The van der Waals surface area contributed by atoms with E-state index in [1.807, 2.05) is 24.3 Å². The van der Waals surface area contributed by atoms with Gasteiger partial charge in [-0.25, -0.2) is 8.42 Å². The lowest BCUT2D eigenvalue weighted by atomic mass is 10.2. The van der Waals surface area contributed by atoms with Crippen molar-refractivity contribution >= 4 is 37.1 Å². The number of para-hydroxylation sites is 1. The molecule has 0 aliphatic heterocycles. The first-order valence-electron chi connectivity index (χ1n) is 9.53. The second-order valence-corrected chi connectivity index (χ2v) is 9.71. The third-order valence-corrected chi connectivity index (χ3v) is 6.89. The molecule has 32 heavy (non-hydrogen) atoms. The SMILES string of the molecule is Nc1ccc(Oc2ccccc2S(=O)(=O)c2ccc(Oc3cccc(Br)c3)cc2)cc1N. The van der Waals surface area contributed by atoms with E-state index in [9.17, 15) is 8.42 Å². The second-order valence-electron chi connectivity index (χ2n) is 6.87. The van der Waals surface area contributed by atoms with Crippen LogP contribution >= 0.6 is 15.9 Å². The molecule has 8 heteroatoms. The first kappa shape index (κ1) is 21.7. The van der Waals surface area contributed by atoms with E-state index in [0.29, 0.717) is 28.6 Å². The summed E-state index contributed by atoms with van der Waals surface area (Å²) in [6.07, 6.45) is 0. The van der Waals surface area contributed by atoms with E-state index in [2.05, 4.69) is 15.9 Å². The van der Waals surface area contributed by atoms with Crippen LogP contribution in [0.2, 0.25) is 0 Å². The Hall–Kier alpha value is -3.49. The highest BCUT2D eigenvalue weighted by Gasteiger charge is 2.22. The Labute approximate surface area is 194 Å². The predicted octanol–water partition coefficient (Wildman–Crippen LogP) is 6.03. The van der Waals surface area contributed by atoms with Gasteiger partial charge in [-0.3, -0.25) is 0 Å². The lowest BCUT2D eigenvalue weighted by molar-refractivity contribution is 0.468. The molecule has 0 spiro atoms. The maximum Gasteiger partial charge on any atom is 0.210 e. The zero-order valence-corrected chi connectivity index (χ0v) is 19.1. The number of sulfone groups is 1. The Morgan fingerprint density at radius 2 is 1.34 bits per heavy atom. The molecule has 0 amide bonds. The highest BCUT2D eigenvalue weighted by atomic mass is 79.9. The minimum absolute atomic E-state index is 0.0380. The average Bonchev–Trinajstić information content (AvgIpc) is 2.77. The summed E-state index contributed by atoms with van der Waals surface area (Å²) in [5.74, 6) is 1.73. The molecule has 0 aliphatic carbocycles. The fraction of sp³-hybridized carbons (Fsp3) is 0. The highest BCUT2D eigenvalue weighted by molar-refractivity contribution is 9.10. The van der Waals surface area contributed by atoms with Crippen molar-refractivity contribution < 1.29 is 17.9 Å². The lowest BCUT2D eigenvalue weighted by Gasteiger charge is -2.13. The average molecular weight is 511 g/mol. The van der Waals surface area contributed by atoms with Gasteiger partial charge in [-0.1, -0.05) is 34.1 Å². The molecule has 0 aromatic heterocycles. The van der Waals surface area contributed by atoms with Crippen LogP contribution in [-0.4, -0.2) is 8.42 Å². The molecule has 0 radical (unpaired) electrons. The predicted molar refractivity (Wildman–Crippen MR) is 128 cm³/mol. The summed E-state index contributed by atoms with van der Waals surface area (Å²) in [4.78, 5) is 0.156. The van der Waals surface area contributed by atoms with Crippen LogP contribution in [0.4, 0.5) is 11.4 Å². The van der Waals surface area contributed by atoms with Gasteiger partial charge in [0.15, 0.2) is 0 Å². The Morgan fingerprint density at radius 3 is 2.06 bits per heavy atom. The molecule has 0 atom stereocenters. The quantitative estimate of drug-likeness (QED) is 0.306. The number of rotatable bonds is 6. The Balaban J connectivity index is 1.61. The van der Waals surface area contributed by atoms with Crippen molar-refractivity contribution in [2.24, 2.45) is 0 Å². The van der Waals surface area contributed by atoms with Crippen molar-refractivity contribution in [1.29, 1.82) is 0 Å². The second kappa shape index (κ2) is 8.94. The fourth-order valence-corrected chi connectivity index (χ4v) is 4.74. The van der Waals surface area contributed by atoms with Crippen molar-refractivity contribution in [1.82, 2.24) is 0 Å². The molecule has 0 saturated heterocycles. The number of hydrogen-bond donors (Lipinski definition) is 2. The molecule has 0 heterocycles. The van der Waals surface area contributed by atoms with Gasteiger partial charge in [0.2, 0.25) is 9.84 Å². The van der Waals surface area contributed by atoms with Crippen LogP contribution in [0.1, 0.15) is 0 Å². The lowest BCUT2D eigenvalue weighted by Crippen LogP contribution is -2.04. The molecule has 0 aliphatic rings. The third kappa shape index (κ3) is 4.71. The Morgan fingerprint density at radius 1 is 0.656 bits per heavy atom. The standard InChI is InChI=1S/C24H19BrN2O4S/c25-16-4-3-5-18(14-16)30-17-8-11-20(12-9-17)32(28,29)24-7-2-1-6-23(24)31-19-10-13-21(26)22(27)15-19/h1-15H,26-27H2. The van der Waals surface area contributed by atoms with Gasteiger partial charge in [0.25, 0.3) is 0 Å². The maximum atomic E-state index is 13.3. The third-order valence-electron chi connectivity index (χ3n) is 4.59. The summed E-state index contributed by atoms with van der Waals surface area (Å²) in [5.41, 5.74) is 12.3. The number of nitrogen functional groups attached to an aromatic ring is 2. The number of ether oxygens (including phenoxy) is 2. The van der Waals surface area contributed by atoms with Crippen molar-refractivity contribution in [2.75, 3.05) is 11.5 Å². The number of nitrogens with two attached hydrogens (primary N) is 2. The molecule has 4 N–H and O–H groups in total. The maximum absolute atomic E-state index is 13.3. The minimum Gasteiger partial charge on any atom is -0.457 e. The van der Waals surface area contributed by atoms with Crippen LogP contribution in [0.3, 0.4) is 0 Å². The Bertz CT molecular complexity index is 1370. The topological polar surface area (TPSA) is 105 Å². The van der Waals surface area contributed by atoms with Crippen LogP contribution in [0, 0.1) is 0 Å². The van der Waals surface area contributed by atoms with Crippen LogP contribution < -0.4 is 20.9 Å². The minimum atomic E-state index is -3.85. The van der Waals surface area contributed by atoms with Gasteiger partial charge in [-0.05, 0) is 66.7 Å². The van der Waals surface area contributed by atoms with Crippen molar-refractivity contribution in [3.8, 4) is 23.0 Å². The smallest absolute Gasteiger partial charge is 0.210 e. The summed E-state index contributed by atoms with van der Waals surface area (Å²) >= 11 is 3.39. The normalized spacial score (nSPS) is 11.2. The van der Waals surface area contributed by atoms with Gasteiger partial charge in [0, 0.05) is 10.5 Å². The van der Waals surface area contributed by atoms with E-state index >= 15 is 0 Å². The van der Waals surface area contributed by atoms with Crippen LogP contribution in [0.15, 0.2) is 105 Å². The van der Waals surface area contributed by atoms with Gasteiger partial charge in [-0.2, -0.15) is 0 Å². The number of anilines is 2. The first-order valence-corrected chi connectivity index (χ1v) is 11.8. The van der Waals surface area contributed by atoms with Crippen molar-refractivity contribution in [3.63, 3.8) is 0 Å². The molecule has 4 rings (SSSR count). The van der Waals surface area contributed by atoms with E-state index in [1.54, 1.807) is 48.5 Å². The summed E-state index contributed by atoms with van der Waals surface area (Å²) in [6.45, 7) is 0. The molecule has 6 nitrogen and oxygen atoms in total. The monoisotopic (exact) mass is 510 g/mol. The van der Waals surface area contributed by atoms with E-state index in [4.69, 9.17) is 20.9 Å². The van der Waals surface area contributed by atoms with Gasteiger partial charge >= 0.3 is 0 Å². The number of hydrogen-bond acceptors (Lipinski definition) is 6. The van der Waals surface area contributed by atoms with E-state index in [-0.39, 0.29) is 15.5 Å². The molecule has 0 bridgehead atoms. The molecular weight excluding hydrogens is 492 g/mol. The molecule has 4 aromatic rings. The van der Waals surface area contributed by atoms with Crippen LogP contribution in [0.5, 0.6) is 23.0 Å². The van der Waals surface area contributed by atoms with Gasteiger partial charge in [0.1, 0.15) is 27.9 Å².